The van der Waals surface area contributed by atoms with Crippen molar-refractivity contribution in [2.24, 2.45) is 0 Å². The topological polar surface area (TPSA) is 0 Å². The molecule has 1 aliphatic rings. The summed E-state index contributed by atoms with van der Waals surface area (Å²) < 4.78 is 1.75. The molecule has 1 saturated heterocycles. The van der Waals surface area contributed by atoms with E-state index in [-0.39, 0.29) is 21.2 Å². The van der Waals surface area contributed by atoms with E-state index in [0.29, 0.717) is 0 Å². The fourth-order valence-corrected chi connectivity index (χ4v) is 6.55. The summed E-state index contributed by atoms with van der Waals surface area (Å²) in [6.07, 6.45) is 2.77. The molecule has 0 aromatic heterocycles. The van der Waals surface area contributed by atoms with Gasteiger partial charge in [-0.3, -0.25) is 0 Å². The molecule has 2 unspecified atom stereocenters. The number of rotatable bonds is 2. The van der Waals surface area contributed by atoms with Crippen molar-refractivity contribution in [1.29, 1.82) is 0 Å². The Morgan fingerprint density at radius 3 is 1.47 bits per heavy atom. The molecule has 2 aromatic rings. The van der Waals surface area contributed by atoms with Gasteiger partial charge in [0.2, 0.25) is 0 Å². The molecule has 1 heterocycles. The van der Waals surface area contributed by atoms with Gasteiger partial charge in [-0.1, -0.05) is 0 Å². The zero-order chi connectivity index (χ0) is 11.5. The van der Waals surface area contributed by atoms with Gasteiger partial charge in [0, 0.05) is 0 Å². The molecule has 0 aliphatic carbocycles. The van der Waals surface area contributed by atoms with E-state index in [1.165, 1.54) is 12.8 Å². The Balaban J connectivity index is 1.75. The van der Waals surface area contributed by atoms with Gasteiger partial charge in [-0.2, -0.15) is 0 Å². The number of benzene rings is 2. The van der Waals surface area contributed by atoms with Gasteiger partial charge in [0.25, 0.3) is 0 Å². The Morgan fingerprint density at radius 1 is 0.647 bits per heavy atom. The van der Waals surface area contributed by atoms with Gasteiger partial charge in [-0.05, 0) is 0 Å². The first-order valence-corrected chi connectivity index (χ1v) is 8.64. The van der Waals surface area contributed by atoms with Crippen LogP contribution in [-0.4, -0.2) is 0 Å². The second-order valence-corrected chi connectivity index (χ2v) is 8.19. The number of alkyl halides is 2. The summed E-state index contributed by atoms with van der Waals surface area (Å²) in [4.78, 5) is 0. The molecule has 88 valence electrons. The van der Waals surface area contributed by atoms with E-state index < -0.39 is 0 Å². The Bertz CT molecular complexity index is 418. The molecule has 0 radical (unpaired) electrons. The predicted molar refractivity (Wildman–Crippen MR) is 67.6 cm³/mol. The summed E-state index contributed by atoms with van der Waals surface area (Å²) in [7, 11) is 0. The molecule has 0 spiro atoms. The fraction of sp³-hybridized carbons (Fsp3) is 0.250. The molecule has 2 atom stereocenters. The summed E-state index contributed by atoms with van der Waals surface area (Å²) in [5, 5.41) is 0. The van der Waals surface area contributed by atoms with Crippen LogP contribution in [0.25, 0.3) is 0 Å². The third-order valence-electron chi connectivity index (χ3n) is 3.30. The van der Waals surface area contributed by atoms with E-state index in [0.717, 1.165) is 7.85 Å². The van der Waals surface area contributed by atoms with Crippen LogP contribution in [0.1, 0.15) is 31.8 Å². The van der Waals surface area contributed by atoms with Gasteiger partial charge >= 0.3 is 114 Å². The van der Waals surface area contributed by atoms with Crippen molar-refractivity contribution in [2.45, 2.75) is 20.7 Å². The predicted octanol–water partition coefficient (Wildman–Crippen LogP) is 1.35. The van der Waals surface area contributed by atoms with Gasteiger partial charge < -0.3 is 0 Å². The second kappa shape index (κ2) is 5.21. The summed E-state index contributed by atoms with van der Waals surface area (Å²) in [6, 6.07) is 22.1. The van der Waals surface area contributed by atoms with Gasteiger partial charge in [0.15, 0.2) is 0 Å². The molecule has 1 fully saturated rings. The molecule has 0 saturated carbocycles. The SMILES string of the molecule is c1ccc(C2CCC(c3ccccc3)[I-]2)cc1. The van der Waals surface area contributed by atoms with Gasteiger partial charge in [0.1, 0.15) is 0 Å². The van der Waals surface area contributed by atoms with E-state index in [1.54, 1.807) is 11.1 Å². The van der Waals surface area contributed by atoms with Crippen LogP contribution in [-0.2, 0) is 0 Å². The van der Waals surface area contributed by atoms with Crippen LogP contribution in [0.15, 0.2) is 60.7 Å². The molecule has 17 heavy (non-hydrogen) atoms. The van der Waals surface area contributed by atoms with Gasteiger partial charge in [0.05, 0.1) is 0 Å². The Morgan fingerprint density at radius 2 is 1.06 bits per heavy atom. The Kier molecular flexibility index (Phi) is 3.46. The first-order chi connectivity index (χ1) is 8.43. The van der Waals surface area contributed by atoms with E-state index in [4.69, 9.17) is 0 Å². The summed E-state index contributed by atoms with van der Waals surface area (Å²) >= 11 is 0.253. The molecule has 0 bridgehead atoms. The van der Waals surface area contributed by atoms with Gasteiger partial charge in [-0.25, -0.2) is 0 Å². The van der Waals surface area contributed by atoms with Crippen molar-refractivity contribution in [1.82, 2.24) is 0 Å². The van der Waals surface area contributed by atoms with Crippen LogP contribution in [0, 0.1) is 0 Å². The second-order valence-electron chi connectivity index (χ2n) is 4.46. The third-order valence-corrected chi connectivity index (χ3v) is 7.72. The van der Waals surface area contributed by atoms with Crippen molar-refractivity contribution in [3.8, 4) is 0 Å². The zero-order valence-electron chi connectivity index (χ0n) is 9.72. The minimum absolute atomic E-state index is 0.253. The Labute approximate surface area is 113 Å². The molecule has 3 rings (SSSR count). The monoisotopic (exact) mass is 335 g/mol. The maximum absolute atomic E-state index is 2.30. The molecule has 2 aromatic carbocycles. The van der Waals surface area contributed by atoms with E-state index in [1.807, 2.05) is 0 Å². The van der Waals surface area contributed by atoms with Crippen LogP contribution in [0.3, 0.4) is 0 Å². The van der Waals surface area contributed by atoms with Crippen molar-refractivity contribution >= 4 is 0 Å². The van der Waals surface area contributed by atoms with Gasteiger partial charge in [-0.15, -0.1) is 0 Å². The fourth-order valence-electron chi connectivity index (χ4n) is 2.40. The zero-order valence-corrected chi connectivity index (χ0v) is 11.9. The molecular formula is C16H16I-. The molecule has 1 heteroatoms. The van der Waals surface area contributed by atoms with Crippen molar-refractivity contribution < 1.29 is 21.2 Å². The molecule has 0 nitrogen and oxygen atoms in total. The van der Waals surface area contributed by atoms with E-state index in [9.17, 15) is 0 Å². The summed E-state index contributed by atoms with van der Waals surface area (Å²) in [5.41, 5.74) is 3.14. The van der Waals surface area contributed by atoms with Crippen LogP contribution in [0.5, 0.6) is 0 Å². The average Bonchev–Trinajstić information content (AvgIpc) is 2.90. The number of hydrogen-bond donors (Lipinski definition) is 0. The standard InChI is InChI=1S/C16H16I/c1-3-7-13(8-4-1)15-11-12-16(17-15)14-9-5-2-6-10-14/h1-10,15-16H,11-12H2/q-1. The minimum atomic E-state index is 0.253. The third kappa shape index (κ3) is 2.54. The summed E-state index contributed by atoms with van der Waals surface area (Å²) in [5.74, 6) is 0. The van der Waals surface area contributed by atoms with Crippen LogP contribution >= 0.6 is 0 Å². The molecule has 0 N–H and O–H groups in total. The Hall–Kier alpha value is -0.830. The van der Waals surface area contributed by atoms with Crippen LogP contribution in [0.4, 0.5) is 0 Å². The first-order valence-electron chi connectivity index (χ1n) is 6.15. The average molecular weight is 335 g/mol. The normalized spacial score (nSPS) is 24.2. The van der Waals surface area contributed by atoms with Crippen molar-refractivity contribution in [3.63, 3.8) is 0 Å². The number of hydrogen-bond acceptors (Lipinski definition) is 0. The molecular weight excluding hydrogens is 319 g/mol. The number of halogens is 1. The van der Waals surface area contributed by atoms with Crippen LogP contribution in [0.2, 0.25) is 0 Å². The van der Waals surface area contributed by atoms with Crippen molar-refractivity contribution in [3.05, 3.63) is 71.8 Å². The maximum atomic E-state index is 2.30. The molecule has 0 amide bonds. The van der Waals surface area contributed by atoms with Crippen molar-refractivity contribution in [2.75, 3.05) is 0 Å². The quantitative estimate of drug-likeness (QED) is 0.574. The van der Waals surface area contributed by atoms with E-state index >= 15 is 0 Å². The van der Waals surface area contributed by atoms with Crippen LogP contribution < -0.4 is 21.2 Å². The first kappa shape index (κ1) is 11.3. The molecule has 1 aliphatic heterocycles. The van der Waals surface area contributed by atoms with E-state index in [2.05, 4.69) is 60.7 Å². The summed E-state index contributed by atoms with van der Waals surface area (Å²) in [6.45, 7) is 0.